The number of hydrogen-bond acceptors (Lipinski definition) is 3. The summed E-state index contributed by atoms with van der Waals surface area (Å²) >= 11 is 1.90. The molecule has 3 heteroatoms. The van der Waals surface area contributed by atoms with E-state index >= 15 is 0 Å². The van der Waals surface area contributed by atoms with Gasteiger partial charge >= 0.3 is 0 Å². The highest BCUT2D eigenvalue weighted by molar-refractivity contribution is 7.11. The number of rotatable bonds is 3. The minimum atomic E-state index is -0.0967. The molecule has 78 valence electrons. The lowest BCUT2D eigenvalue weighted by molar-refractivity contribution is 0.175. The number of nitrogens with zero attached hydrogens (tertiary/aromatic N) is 1. The van der Waals surface area contributed by atoms with Crippen LogP contribution in [0.2, 0.25) is 0 Å². The van der Waals surface area contributed by atoms with Gasteiger partial charge in [0.05, 0.1) is 6.10 Å². The summed E-state index contributed by atoms with van der Waals surface area (Å²) in [6.07, 6.45) is 1.97. The third kappa shape index (κ3) is 2.35. The Morgan fingerprint density at radius 2 is 2.29 bits per heavy atom. The van der Waals surface area contributed by atoms with E-state index in [0.29, 0.717) is 0 Å². The summed E-state index contributed by atoms with van der Waals surface area (Å²) in [5.74, 6) is 0. The molecule has 0 bridgehead atoms. The summed E-state index contributed by atoms with van der Waals surface area (Å²) in [5, 5.41) is 9.39. The molecule has 0 spiro atoms. The van der Waals surface area contributed by atoms with Gasteiger partial charge in [-0.25, -0.2) is 0 Å². The molecule has 1 aromatic rings. The molecule has 2 heterocycles. The Hall–Kier alpha value is -0.380. The van der Waals surface area contributed by atoms with Crippen molar-refractivity contribution in [1.29, 1.82) is 0 Å². The van der Waals surface area contributed by atoms with Crippen LogP contribution >= 0.6 is 11.3 Å². The van der Waals surface area contributed by atoms with Crippen molar-refractivity contribution in [1.82, 2.24) is 4.90 Å². The van der Waals surface area contributed by atoms with E-state index in [1.807, 2.05) is 11.3 Å². The van der Waals surface area contributed by atoms with E-state index in [9.17, 15) is 5.11 Å². The van der Waals surface area contributed by atoms with Crippen molar-refractivity contribution in [2.75, 3.05) is 13.1 Å². The van der Waals surface area contributed by atoms with Crippen molar-refractivity contribution in [2.45, 2.75) is 32.4 Å². The molecule has 0 radical (unpaired) electrons. The molecular weight excluding hydrogens is 194 g/mol. The second kappa shape index (κ2) is 4.43. The summed E-state index contributed by atoms with van der Waals surface area (Å²) in [5.41, 5.74) is 0. The number of likely N-dealkylation sites (tertiary alicyclic amines) is 1. The summed E-state index contributed by atoms with van der Waals surface area (Å²) in [6.45, 7) is 5.09. The molecule has 1 aromatic heterocycles. The SMILES string of the molecule is CCc1ccc(CN2CCC(O)C2)s1. The van der Waals surface area contributed by atoms with E-state index in [1.165, 1.54) is 9.75 Å². The van der Waals surface area contributed by atoms with Gasteiger partial charge in [-0.05, 0) is 25.0 Å². The Balaban J connectivity index is 1.90. The van der Waals surface area contributed by atoms with E-state index in [2.05, 4.69) is 24.0 Å². The molecule has 1 unspecified atom stereocenters. The lowest BCUT2D eigenvalue weighted by Gasteiger charge is -2.12. The number of thiophene rings is 1. The van der Waals surface area contributed by atoms with Crippen LogP contribution < -0.4 is 0 Å². The van der Waals surface area contributed by atoms with Crippen molar-refractivity contribution in [3.63, 3.8) is 0 Å². The first-order valence-electron chi connectivity index (χ1n) is 5.26. The molecule has 14 heavy (non-hydrogen) atoms. The maximum absolute atomic E-state index is 9.39. The quantitative estimate of drug-likeness (QED) is 0.825. The summed E-state index contributed by atoms with van der Waals surface area (Å²) in [7, 11) is 0. The standard InChI is InChI=1S/C11H17NOS/c1-2-10-3-4-11(14-10)8-12-6-5-9(13)7-12/h3-4,9,13H,2,5-8H2,1H3. The maximum Gasteiger partial charge on any atom is 0.0679 e. The Morgan fingerprint density at radius 1 is 1.50 bits per heavy atom. The summed E-state index contributed by atoms with van der Waals surface area (Å²) < 4.78 is 0. The van der Waals surface area contributed by atoms with E-state index < -0.39 is 0 Å². The molecule has 1 fully saturated rings. The predicted octanol–water partition coefficient (Wildman–Crippen LogP) is 1.88. The van der Waals surface area contributed by atoms with Gasteiger partial charge in [-0.2, -0.15) is 0 Å². The van der Waals surface area contributed by atoms with Gasteiger partial charge in [0, 0.05) is 29.4 Å². The Kier molecular flexibility index (Phi) is 3.21. The van der Waals surface area contributed by atoms with Gasteiger partial charge in [0.15, 0.2) is 0 Å². The van der Waals surface area contributed by atoms with Crippen LogP contribution in [0.15, 0.2) is 12.1 Å². The average molecular weight is 211 g/mol. The first-order valence-corrected chi connectivity index (χ1v) is 6.07. The number of aliphatic hydroxyl groups is 1. The van der Waals surface area contributed by atoms with E-state index in [4.69, 9.17) is 0 Å². The van der Waals surface area contributed by atoms with Gasteiger partial charge in [-0.3, -0.25) is 4.90 Å². The molecule has 1 saturated heterocycles. The van der Waals surface area contributed by atoms with Crippen molar-refractivity contribution in [3.05, 3.63) is 21.9 Å². The van der Waals surface area contributed by atoms with Crippen molar-refractivity contribution < 1.29 is 5.11 Å². The minimum absolute atomic E-state index is 0.0967. The number of hydrogen-bond donors (Lipinski definition) is 1. The molecule has 1 N–H and O–H groups in total. The molecule has 0 aliphatic carbocycles. The fraction of sp³-hybridized carbons (Fsp3) is 0.636. The van der Waals surface area contributed by atoms with Gasteiger partial charge in [-0.15, -0.1) is 11.3 Å². The topological polar surface area (TPSA) is 23.5 Å². The maximum atomic E-state index is 9.39. The van der Waals surface area contributed by atoms with E-state index in [-0.39, 0.29) is 6.10 Å². The third-order valence-electron chi connectivity index (χ3n) is 2.69. The number of aryl methyl sites for hydroxylation is 1. The van der Waals surface area contributed by atoms with Crippen molar-refractivity contribution >= 4 is 11.3 Å². The zero-order chi connectivity index (χ0) is 9.97. The zero-order valence-electron chi connectivity index (χ0n) is 8.57. The molecule has 0 aromatic carbocycles. The highest BCUT2D eigenvalue weighted by Gasteiger charge is 2.20. The highest BCUT2D eigenvalue weighted by atomic mass is 32.1. The molecule has 0 amide bonds. The van der Waals surface area contributed by atoms with Gasteiger partial charge < -0.3 is 5.11 Å². The second-order valence-electron chi connectivity index (χ2n) is 3.90. The van der Waals surface area contributed by atoms with Crippen molar-refractivity contribution in [2.24, 2.45) is 0 Å². The minimum Gasteiger partial charge on any atom is -0.392 e. The number of β-amino-alcohol motifs (C(OH)–C–C–N with tert-alkyl or cyclic N) is 1. The fourth-order valence-corrected chi connectivity index (χ4v) is 2.87. The first kappa shape index (κ1) is 10.1. The molecule has 0 saturated carbocycles. The van der Waals surface area contributed by atoms with Crippen LogP contribution in [0.4, 0.5) is 0 Å². The zero-order valence-corrected chi connectivity index (χ0v) is 9.39. The highest BCUT2D eigenvalue weighted by Crippen LogP contribution is 2.20. The molecule has 1 aliphatic rings. The van der Waals surface area contributed by atoms with Gasteiger partial charge in [0.25, 0.3) is 0 Å². The molecule has 2 nitrogen and oxygen atoms in total. The van der Waals surface area contributed by atoms with Crippen LogP contribution in [-0.2, 0) is 13.0 Å². The molecule has 1 aliphatic heterocycles. The Morgan fingerprint density at radius 3 is 2.86 bits per heavy atom. The fourth-order valence-electron chi connectivity index (χ4n) is 1.87. The predicted molar refractivity (Wildman–Crippen MR) is 59.6 cm³/mol. The van der Waals surface area contributed by atoms with Crippen LogP contribution in [0, 0.1) is 0 Å². The van der Waals surface area contributed by atoms with Gasteiger partial charge in [0.2, 0.25) is 0 Å². The largest absolute Gasteiger partial charge is 0.392 e. The molecular formula is C11H17NOS. The average Bonchev–Trinajstić information content (AvgIpc) is 2.76. The molecule has 2 rings (SSSR count). The third-order valence-corrected chi connectivity index (χ3v) is 3.91. The van der Waals surface area contributed by atoms with Gasteiger partial charge in [-0.1, -0.05) is 6.92 Å². The van der Waals surface area contributed by atoms with E-state index in [0.717, 1.165) is 32.5 Å². The van der Waals surface area contributed by atoms with Gasteiger partial charge in [0.1, 0.15) is 0 Å². The Labute approximate surface area is 89.2 Å². The summed E-state index contributed by atoms with van der Waals surface area (Å²) in [6, 6.07) is 4.43. The van der Waals surface area contributed by atoms with Crippen LogP contribution in [0.5, 0.6) is 0 Å². The van der Waals surface area contributed by atoms with E-state index in [1.54, 1.807) is 0 Å². The molecule has 1 atom stereocenters. The Bertz CT molecular complexity index is 297. The van der Waals surface area contributed by atoms with Crippen LogP contribution in [0.1, 0.15) is 23.1 Å². The lowest BCUT2D eigenvalue weighted by Crippen LogP contribution is -2.20. The van der Waals surface area contributed by atoms with Crippen LogP contribution in [-0.4, -0.2) is 29.2 Å². The monoisotopic (exact) mass is 211 g/mol. The second-order valence-corrected chi connectivity index (χ2v) is 5.15. The smallest absolute Gasteiger partial charge is 0.0679 e. The lowest BCUT2D eigenvalue weighted by atomic mass is 10.3. The van der Waals surface area contributed by atoms with Crippen LogP contribution in [0.3, 0.4) is 0 Å². The first-order chi connectivity index (χ1) is 6.78. The summed E-state index contributed by atoms with van der Waals surface area (Å²) in [4.78, 5) is 5.21. The van der Waals surface area contributed by atoms with Crippen molar-refractivity contribution in [3.8, 4) is 0 Å². The van der Waals surface area contributed by atoms with Crippen LogP contribution in [0.25, 0.3) is 0 Å². The number of aliphatic hydroxyl groups excluding tert-OH is 1. The normalized spacial score (nSPS) is 23.1.